The second kappa shape index (κ2) is 6.37. The molecule has 0 spiro atoms. The zero-order valence-electron chi connectivity index (χ0n) is 11.9. The van der Waals surface area contributed by atoms with E-state index < -0.39 is 0 Å². The third-order valence-corrected chi connectivity index (χ3v) is 2.82. The number of aromatic nitrogens is 1. The monoisotopic (exact) mass is 274 g/mol. The summed E-state index contributed by atoms with van der Waals surface area (Å²) in [5, 5.41) is 3.34. The molecule has 0 aliphatic rings. The first-order valence-electron chi connectivity index (χ1n) is 6.70. The van der Waals surface area contributed by atoms with Crippen LogP contribution in [0.2, 0.25) is 0 Å². The molecule has 0 saturated carbocycles. The van der Waals surface area contributed by atoms with Gasteiger partial charge in [-0.15, -0.1) is 0 Å². The summed E-state index contributed by atoms with van der Waals surface area (Å²) in [5.41, 5.74) is 1.69. The minimum absolute atomic E-state index is 0.0347. The van der Waals surface area contributed by atoms with Crippen molar-refractivity contribution in [3.05, 3.63) is 54.1 Å². The Balaban J connectivity index is 2.15. The normalized spacial score (nSPS) is 12.2. The van der Waals surface area contributed by atoms with E-state index in [0.717, 1.165) is 17.1 Å². The van der Waals surface area contributed by atoms with Gasteiger partial charge in [-0.2, -0.15) is 0 Å². The van der Waals surface area contributed by atoms with Crippen molar-refractivity contribution in [1.82, 2.24) is 4.98 Å². The van der Waals surface area contributed by atoms with Crippen LogP contribution in [0.1, 0.15) is 32.5 Å². The summed E-state index contributed by atoms with van der Waals surface area (Å²) in [7, 11) is 0. The molecule has 0 aliphatic carbocycles. The summed E-state index contributed by atoms with van der Waals surface area (Å²) in [6, 6.07) is 10.8. The molecular weight excluding hydrogens is 255 g/mol. The zero-order chi connectivity index (χ0) is 14.5. The molecule has 0 fully saturated rings. The molecule has 1 aromatic heterocycles. The lowest BCUT2D eigenvalue weighted by Gasteiger charge is -2.19. The van der Waals surface area contributed by atoms with Gasteiger partial charge in [0, 0.05) is 0 Å². The van der Waals surface area contributed by atoms with E-state index in [2.05, 4.69) is 10.3 Å². The van der Waals surface area contributed by atoms with Gasteiger partial charge in [0.2, 0.25) is 0 Å². The van der Waals surface area contributed by atoms with Gasteiger partial charge < -0.3 is 10.1 Å². The summed E-state index contributed by atoms with van der Waals surface area (Å²) < 4.78 is 18.6. The fourth-order valence-electron chi connectivity index (χ4n) is 1.89. The standard InChI is InChI=1S/C16H19FN2O/c1-11(2)20-16-7-5-4-6-15(16)19-12(3)14-9-8-13(17)10-18-14/h4-12,19H,1-3H3. The van der Waals surface area contributed by atoms with Crippen LogP contribution in [0, 0.1) is 5.82 Å². The highest BCUT2D eigenvalue weighted by Crippen LogP contribution is 2.28. The summed E-state index contributed by atoms with van der Waals surface area (Å²) >= 11 is 0. The van der Waals surface area contributed by atoms with Crippen LogP contribution in [0.3, 0.4) is 0 Å². The van der Waals surface area contributed by atoms with Crippen LogP contribution in [0.4, 0.5) is 10.1 Å². The van der Waals surface area contributed by atoms with Crippen molar-refractivity contribution >= 4 is 5.69 Å². The highest BCUT2D eigenvalue weighted by molar-refractivity contribution is 5.57. The summed E-state index contributed by atoms with van der Waals surface area (Å²) in [6.07, 6.45) is 1.33. The molecule has 0 radical (unpaired) electrons. The van der Waals surface area contributed by atoms with Crippen LogP contribution in [-0.4, -0.2) is 11.1 Å². The molecule has 2 rings (SSSR count). The first kappa shape index (κ1) is 14.3. The third kappa shape index (κ3) is 3.70. The average Bonchev–Trinajstić information content (AvgIpc) is 2.41. The van der Waals surface area contributed by atoms with Crippen LogP contribution in [0.5, 0.6) is 5.75 Å². The van der Waals surface area contributed by atoms with Crippen molar-refractivity contribution in [3.8, 4) is 5.75 Å². The zero-order valence-corrected chi connectivity index (χ0v) is 11.9. The molecular formula is C16H19FN2O. The molecule has 0 saturated heterocycles. The Morgan fingerprint density at radius 1 is 1.10 bits per heavy atom. The van der Waals surface area contributed by atoms with Crippen LogP contribution in [0.25, 0.3) is 0 Å². The average molecular weight is 274 g/mol. The fourth-order valence-corrected chi connectivity index (χ4v) is 1.89. The Bertz CT molecular complexity index is 555. The van der Waals surface area contributed by atoms with E-state index in [1.54, 1.807) is 6.07 Å². The number of halogens is 1. The van der Waals surface area contributed by atoms with E-state index >= 15 is 0 Å². The molecule has 0 bridgehead atoms. The van der Waals surface area contributed by atoms with Gasteiger partial charge in [0.1, 0.15) is 11.6 Å². The number of benzene rings is 1. The topological polar surface area (TPSA) is 34.1 Å². The van der Waals surface area contributed by atoms with Crippen molar-refractivity contribution in [2.75, 3.05) is 5.32 Å². The SMILES string of the molecule is CC(C)Oc1ccccc1NC(C)c1ccc(F)cn1. The number of anilines is 1. The minimum atomic E-state index is -0.329. The van der Waals surface area contributed by atoms with E-state index in [-0.39, 0.29) is 18.0 Å². The first-order chi connectivity index (χ1) is 9.56. The van der Waals surface area contributed by atoms with Crippen LogP contribution < -0.4 is 10.1 Å². The lowest BCUT2D eigenvalue weighted by atomic mass is 10.2. The molecule has 1 aromatic carbocycles. The van der Waals surface area contributed by atoms with Gasteiger partial charge >= 0.3 is 0 Å². The maximum Gasteiger partial charge on any atom is 0.142 e. The van der Waals surface area contributed by atoms with Crippen molar-refractivity contribution in [2.45, 2.75) is 32.9 Å². The van der Waals surface area contributed by atoms with Crippen LogP contribution in [-0.2, 0) is 0 Å². The Labute approximate surface area is 118 Å². The third-order valence-electron chi connectivity index (χ3n) is 2.82. The number of rotatable bonds is 5. The Morgan fingerprint density at radius 3 is 2.50 bits per heavy atom. The van der Waals surface area contributed by atoms with Gasteiger partial charge in [0.25, 0.3) is 0 Å². The van der Waals surface area contributed by atoms with Crippen LogP contribution in [0.15, 0.2) is 42.6 Å². The molecule has 1 heterocycles. The summed E-state index contributed by atoms with van der Waals surface area (Å²) in [4.78, 5) is 4.09. The number of nitrogens with zero attached hydrogens (tertiary/aromatic N) is 1. The van der Waals surface area contributed by atoms with Gasteiger partial charge in [-0.3, -0.25) is 4.98 Å². The highest BCUT2D eigenvalue weighted by Gasteiger charge is 2.11. The molecule has 106 valence electrons. The second-order valence-corrected chi connectivity index (χ2v) is 4.93. The number of nitrogens with one attached hydrogen (secondary N) is 1. The molecule has 1 atom stereocenters. The van der Waals surface area contributed by atoms with E-state index in [4.69, 9.17) is 4.74 Å². The lowest BCUT2D eigenvalue weighted by molar-refractivity contribution is 0.243. The molecule has 0 aliphatic heterocycles. The van der Waals surface area contributed by atoms with E-state index in [9.17, 15) is 4.39 Å². The quantitative estimate of drug-likeness (QED) is 0.888. The second-order valence-electron chi connectivity index (χ2n) is 4.93. The Hall–Kier alpha value is -2.10. The Morgan fingerprint density at radius 2 is 1.85 bits per heavy atom. The largest absolute Gasteiger partial charge is 0.489 e. The summed E-state index contributed by atoms with van der Waals surface area (Å²) in [5.74, 6) is 0.473. The van der Waals surface area contributed by atoms with Gasteiger partial charge in [0.05, 0.1) is 29.7 Å². The fraction of sp³-hybridized carbons (Fsp3) is 0.312. The molecule has 2 aromatic rings. The van der Waals surface area contributed by atoms with Crippen molar-refractivity contribution in [1.29, 1.82) is 0 Å². The maximum atomic E-state index is 12.9. The van der Waals surface area contributed by atoms with E-state index in [1.165, 1.54) is 12.3 Å². The number of hydrogen-bond donors (Lipinski definition) is 1. The van der Waals surface area contributed by atoms with Crippen LogP contribution >= 0.6 is 0 Å². The van der Waals surface area contributed by atoms with Crippen molar-refractivity contribution in [3.63, 3.8) is 0 Å². The predicted molar refractivity (Wildman–Crippen MR) is 78.4 cm³/mol. The molecule has 0 amide bonds. The van der Waals surface area contributed by atoms with Gasteiger partial charge in [-0.05, 0) is 45.0 Å². The molecule has 4 heteroatoms. The molecule has 1 N–H and O–H groups in total. The molecule has 20 heavy (non-hydrogen) atoms. The van der Waals surface area contributed by atoms with Gasteiger partial charge in [-0.1, -0.05) is 12.1 Å². The van der Waals surface area contributed by atoms with Crippen molar-refractivity contribution in [2.24, 2.45) is 0 Å². The van der Waals surface area contributed by atoms with Gasteiger partial charge in [-0.25, -0.2) is 4.39 Å². The lowest BCUT2D eigenvalue weighted by Crippen LogP contribution is -2.12. The van der Waals surface area contributed by atoms with Crippen molar-refractivity contribution < 1.29 is 9.13 Å². The molecule has 1 unspecified atom stereocenters. The number of pyridine rings is 1. The Kier molecular flexibility index (Phi) is 4.56. The first-order valence-corrected chi connectivity index (χ1v) is 6.70. The van der Waals surface area contributed by atoms with E-state index in [1.807, 2.05) is 45.0 Å². The van der Waals surface area contributed by atoms with E-state index in [0.29, 0.717) is 0 Å². The summed E-state index contributed by atoms with van der Waals surface area (Å²) in [6.45, 7) is 5.95. The number of para-hydroxylation sites is 2. The smallest absolute Gasteiger partial charge is 0.142 e. The number of ether oxygens (including phenoxy) is 1. The predicted octanol–water partition coefficient (Wildman–Crippen LogP) is 4.18. The number of hydrogen-bond acceptors (Lipinski definition) is 3. The molecule has 3 nitrogen and oxygen atoms in total. The maximum absolute atomic E-state index is 12.9. The highest BCUT2D eigenvalue weighted by atomic mass is 19.1. The minimum Gasteiger partial charge on any atom is -0.489 e. The van der Waals surface area contributed by atoms with Gasteiger partial charge in [0.15, 0.2) is 0 Å².